The Bertz CT molecular complexity index is 357. The molecule has 0 radical (unpaired) electrons. The molecule has 0 aromatic carbocycles. The zero-order chi connectivity index (χ0) is 11.4. The summed E-state index contributed by atoms with van der Waals surface area (Å²) in [5.41, 5.74) is 0.502. The van der Waals surface area contributed by atoms with Gasteiger partial charge in [0, 0.05) is 12.1 Å². The molecule has 0 unspecified atom stereocenters. The van der Waals surface area contributed by atoms with Gasteiger partial charge in [0.05, 0.1) is 0 Å². The highest BCUT2D eigenvalue weighted by atomic mass is 16.1. The zero-order valence-electron chi connectivity index (χ0n) is 9.72. The van der Waals surface area contributed by atoms with E-state index in [-0.39, 0.29) is 0 Å². The van der Waals surface area contributed by atoms with Crippen molar-refractivity contribution in [1.82, 2.24) is 9.97 Å². The molecule has 0 bridgehead atoms. The number of hydrogen-bond acceptors (Lipinski definition) is 3. The molecule has 0 atom stereocenters. The first kappa shape index (κ1) is 11.2. The summed E-state index contributed by atoms with van der Waals surface area (Å²) in [4.78, 5) is 19.2. The van der Waals surface area contributed by atoms with Gasteiger partial charge in [-0.15, -0.1) is 0 Å². The second-order valence-corrected chi connectivity index (χ2v) is 4.58. The van der Waals surface area contributed by atoms with E-state index in [0.717, 1.165) is 18.0 Å². The highest BCUT2D eigenvalue weighted by molar-refractivity contribution is 5.71. The molecule has 3 heteroatoms. The average molecular weight is 218 g/mol. The molecule has 1 aromatic rings. The van der Waals surface area contributed by atoms with Crippen LogP contribution in [-0.4, -0.2) is 16.3 Å². The van der Waals surface area contributed by atoms with Crippen LogP contribution in [0.5, 0.6) is 0 Å². The maximum absolute atomic E-state index is 10.6. The Hall–Kier alpha value is -1.25. The maximum atomic E-state index is 10.6. The number of aromatic nitrogens is 2. The van der Waals surface area contributed by atoms with Gasteiger partial charge in [-0.1, -0.05) is 13.3 Å². The smallest absolute Gasteiger partial charge is 0.168 e. The molecule has 0 N–H and O–H groups in total. The zero-order valence-corrected chi connectivity index (χ0v) is 9.72. The van der Waals surface area contributed by atoms with Crippen LogP contribution in [0.15, 0.2) is 12.3 Å². The first-order valence-corrected chi connectivity index (χ1v) is 6.11. The molecular weight excluding hydrogens is 200 g/mol. The molecule has 1 aliphatic rings. The summed E-state index contributed by atoms with van der Waals surface area (Å²) in [7, 11) is 0. The van der Waals surface area contributed by atoms with Crippen molar-refractivity contribution in [3.05, 3.63) is 23.8 Å². The minimum atomic E-state index is 0.461. The third-order valence-corrected chi connectivity index (χ3v) is 3.61. The van der Waals surface area contributed by atoms with Crippen LogP contribution in [0.3, 0.4) is 0 Å². The summed E-state index contributed by atoms with van der Waals surface area (Å²) in [5, 5.41) is 0. The summed E-state index contributed by atoms with van der Waals surface area (Å²) in [6.45, 7) is 2.26. The number of carbonyl (C=O) groups excluding carboxylic acids is 1. The fourth-order valence-electron chi connectivity index (χ4n) is 2.48. The first-order chi connectivity index (χ1) is 7.83. The topological polar surface area (TPSA) is 42.9 Å². The minimum absolute atomic E-state index is 0.461. The fourth-order valence-corrected chi connectivity index (χ4v) is 2.48. The molecule has 1 saturated carbocycles. The number of hydrogen-bond donors (Lipinski definition) is 0. The van der Waals surface area contributed by atoms with Crippen LogP contribution in [0, 0.1) is 5.92 Å². The second-order valence-electron chi connectivity index (χ2n) is 4.58. The molecule has 0 spiro atoms. The van der Waals surface area contributed by atoms with Crippen LogP contribution in [0.2, 0.25) is 0 Å². The quantitative estimate of drug-likeness (QED) is 0.732. The average Bonchev–Trinajstić information content (AvgIpc) is 2.39. The lowest BCUT2D eigenvalue weighted by atomic mass is 9.80. The molecule has 1 aromatic heterocycles. The monoisotopic (exact) mass is 218 g/mol. The molecule has 3 nitrogen and oxygen atoms in total. The number of nitrogens with zero attached hydrogens (tertiary/aromatic N) is 2. The summed E-state index contributed by atoms with van der Waals surface area (Å²) < 4.78 is 0. The Kier molecular flexibility index (Phi) is 3.65. The Labute approximate surface area is 96.3 Å². The van der Waals surface area contributed by atoms with E-state index in [1.54, 1.807) is 12.3 Å². The summed E-state index contributed by atoms with van der Waals surface area (Å²) in [6.07, 6.45) is 8.65. The van der Waals surface area contributed by atoms with Crippen LogP contribution in [0.4, 0.5) is 0 Å². The molecule has 0 amide bonds. The van der Waals surface area contributed by atoms with Crippen molar-refractivity contribution in [2.45, 2.75) is 44.9 Å². The lowest BCUT2D eigenvalue weighted by Gasteiger charge is -2.26. The molecular formula is C13H18N2O. The summed E-state index contributed by atoms with van der Waals surface area (Å²) in [6, 6.07) is 1.66. The van der Waals surface area contributed by atoms with E-state index >= 15 is 0 Å². The van der Waals surface area contributed by atoms with Crippen LogP contribution in [0.25, 0.3) is 0 Å². The van der Waals surface area contributed by atoms with Gasteiger partial charge in [0.25, 0.3) is 0 Å². The Balaban J connectivity index is 2.05. The van der Waals surface area contributed by atoms with Crippen molar-refractivity contribution in [2.24, 2.45) is 5.92 Å². The van der Waals surface area contributed by atoms with Crippen molar-refractivity contribution in [3.8, 4) is 0 Å². The highest BCUT2D eigenvalue weighted by Crippen LogP contribution is 2.35. The third-order valence-electron chi connectivity index (χ3n) is 3.61. The van der Waals surface area contributed by atoms with Gasteiger partial charge >= 0.3 is 0 Å². The van der Waals surface area contributed by atoms with Crippen LogP contribution in [-0.2, 0) is 0 Å². The molecule has 1 fully saturated rings. The molecule has 16 heavy (non-hydrogen) atoms. The lowest BCUT2D eigenvalue weighted by Crippen LogP contribution is -2.15. The largest absolute Gasteiger partial charge is 0.296 e. The van der Waals surface area contributed by atoms with Crippen LogP contribution >= 0.6 is 0 Å². The van der Waals surface area contributed by atoms with E-state index in [1.165, 1.54) is 32.1 Å². The Morgan fingerprint density at radius 1 is 1.38 bits per heavy atom. The standard InChI is InChI=1S/C13H18N2O/c1-2-10-3-5-11(6-4-10)13-14-8-7-12(9-16)15-13/h7-11H,2-6H2,1H3. The number of carbonyl (C=O) groups is 1. The Morgan fingerprint density at radius 2 is 2.12 bits per heavy atom. The van der Waals surface area contributed by atoms with Gasteiger partial charge in [-0.05, 0) is 37.7 Å². The highest BCUT2D eigenvalue weighted by Gasteiger charge is 2.23. The van der Waals surface area contributed by atoms with Crippen molar-refractivity contribution in [3.63, 3.8) is 0 Å². The normalized spacial score (nSPS) is 25.3. The van der Waals surface area contributed by atoms with Crippen molar-refractivity contribution < 1.29 is 4.79 Å². The van der Waals surface area contributed by atoms with Gasteiger partial charge in [-0.3, -0.25) is 4.79 Å². The summed E-state index contributed by atoms with van der Waals surface area (Å²) >= 11 is 0. The van der Waals surface area contributed by atoms with Crippen LogP contribution in [0.1, 0.15) is 61.3 Å². The van der Waals surface area contributed by atoms with E-state index in [4.69, 9.17) is 0 Å². The van der Waals surface area contributed by atoms with E-state index in [2.05, 4.69) is 16.9 Å². The Morgan fingerprint density at radius 3 is 2.75 bits per heavy atom. The predicted molar refractivity (Wildman–Crippen MR) is 62.4 cm³/mol. The third kappa shape index (κ3) is 2.46. The van der Waals surface area contributed by atoms with E-state index in [0.29, 0.717) is 11.6 Å². The van der Waals surface area contributed by atoms with Crippen molar-refractivity contribution in [1.29, 1.82) is 0 Å². The minimum Gasteiger partial charge on any atom is -0.296 e. The van der Waals surface area contributed by atoms with E-state index < -0.39 is 0 Å². The van der Waals surface area contributed by atoms with Gasteiger partial charge in [0.15, 0.2) is 6.29 Å². The number of rotatable bonds is 3. The second kappa shape index (κ2) is 5.19. The van der Waals surface area contributed by atoms with Crippen molar-refractivity contribution in [2.75, 3.05) is 0 Å². The molecule has 0 aliphatic heterocycles. The SMILES string of the molecule is CCC1CCC(c2nccc(C=O)n2)CC1. The van der Waals surface area contributed by atoms with Gasteiger partial charge < -0.3 is 0 Å². The van der Waals surface area contributed by atoms with E-state index in [1.807, 2.05) is 0 Å². The fraction of sp³-hybridized carbons (Fsp3) is 0.615. The predicted octanol–water partition coefficient (Wildman–Crippen LogP) is 2.97. The molecule has 1 aliphatic carbocycles. The van der Waals surface area contributed by atoms with Gasteiger partial charge in [-0.25, -0.2) is 9.97 Å². The molecule has 1 heterocycles. The van der Waals surface area contributed by atoms with Crippen LogP contribution < -0.4 is 0 Å². The van der Waals surface area contributed by atoms with Gasteiger partial charge in [-0.2, -0.15) is 0 Å². The van der Waals surface area contributed by atoms with Gasteiger partial charge in [0.1, 0.15) is 11.5 Å². The van der Waals surface area contributed by atoms with Gasteiger partial charge in [0.2, 0.25) is 0 Å². The first-order valence-electron chi connectivity index (χ1n) is 6.11. The molecule has 86 valence electrons. The lowest BCUT2D eigenvalue weighted by molar-refractivity contribution is 0.111. The number of aldehydes is 1. The molecule has 0 saturated heterocycles. The van der Waals surface area contributed by atoms with E-state index in [9.17, 15) is 4.79 Å². The van der Waals surface area contributed by atoms with Crippen molar-refractivity contribution >= 4 is 6.29 Å². The summed E-state index contributed by atoms with van der Waals surface area (Å²) in [5.74, 6) is 2.20. The molecule has 2 rings (SSSR count). The maximum Gasteiger partial charge on any atom is 0.168 e.